The van der Waals surface area contributed by atoms with Gasteiger partial charge in [-0.2, -0.15) is 12.7 Å². The number of carbonyl (C=O) groups is 2. The zero-order valence-electron chi connectivity index (χ0n) is 24.5. The molecule has 0 saturated heterocycles. The van der Waals surface area contributed by atoms with Gasteiger partial charge in [0.1, 0.15) is 18.4 Å². The van der Waals surface area contributed by atoms with Gasteiger partial charge in [-0.1, -0.05) is 77.7 Å². The Morgan fingerprint density at radius 3 is 2.14 bits per heavy atom. The number of nitrogens with one attached hydrogen (secondary N) is 1. The molecule has 0 spiro atoms. The van der Waals surface area contributed by atoms with Crippen molar-refractivity contribution < 1.29 is 22.4 Å². The molecule has 1 fully saturated rings. The third-order valence-corrected chi connectivity index (χ3v) is 9.97. The molecule has 3 aromatic carbocycles. The third-order valence-electron chi connectivity index (χ3n) is 7.62. The first-order valence-corrected chi connectivity index (χ1v) is 16.6. The summed E-state index contributed by atoms with van der Waals surface area (Å²) in [6.07, 6.45) is 5.20. The van der Waals surface area contributed by atoms with Crippen LogP contribution in [0.2, 0.25) is 0 Å². The molecule has 3 aromatic rings. The average molecular weight is 674 g/mol. The first-order chi connectivity index (χ1) is 20.5. The highest BCUT2D eigenvalue weighted by atomic mass is 79.9. The normalized spacial score (nSPS) is 14.7. The van der Waals surface area contributed by atoms with Gasteiger partial charge in [0.2, 0.25) is 11.8 Å². The molecule has 0 aromatic heterocycles. The lowest BCUT2D eigenvalue weighted by Crippen LogP contribution is -2.55. The van der Waals surface area contributed by atoms with Crippen molar-refractivity contribution in [1.29, 1.82) is 0 Å². The lowest BCUT2D eigenvalue weighted by molar-refractivity contribution is -0.140. The summed E-state index contributed by atoms with van der Waals surface area (Å²) in [5.74, 6) is -1.36. The van der Waals surface area contributed by atoms with E-state index in [0.717, 1.165) is 68.4 Å². The smallest absolute Gasteiger partial charge is 0.304 e. The van der Waals surface area contributed by atoms with E-state index in [1.807, 2.05) is 54.6 Å². The van der Waals surface area contributed by atoms with E-state index in [4.69, 9.17) is 0 Å². The van der Waals surface area contributed by atoms with E-state index in [1.54, 1.807) is 0 Å². The highest BCUT2D eigenvalue weighted by Crippen LogP contribution is 2.24. The van der Waals surface area contributed by atoms with Crippen LogP contribution >= 0.6 is 15.9 Å². The minimum Gasteiger partial charge on any atom is -0.352 e. The van der Waals surface area contributed by atoms with Gasteiger partial charge in [0.05, 0.1) is 5.69 Å². The van der Waals surface area contributed by atoms with Gasteiger partial charge >= 0.3 is 10.2 Å². The van der Waals surface area contributed by atoms with Crippen LogP contribution in [0.15, 0.2) is 83.3 Å². The molecule has 0 aliphatic heterocycles. The molecule has 0 radical (unpaired) electrons. The molecule has 2 amide bonds. The Kier molecular flexibility index (Phi) is 11.3. The monoisotopic (exact) mass is 672 g/mol. The van der Waals surface area contributed by atoms with Crippen LogP contribution in [0.4, 0.5) is 10.1 Å². The number of rotatable bonds is 12. The summed E-state index contributed by atoms with van der Waals surface area (Å²) in [5, 5.41) is 3.19. The van der Waals surface area contributed by atoms with E-state index in [9.17, 15) is 22.4 Å². The maximum Gasteiger partial charge on any atom is 0.304 e. The SMILES string of the molecule is CN(C)S(=O)(=O)N(CC(=O)N(Cc1ccc(Br)cc1)C(Cc1ccccc1)C(=O)NC1CCCCC1)c1ccc(F)cc1. The van der Waals surface area contributed by atoms with Crippen molar-refractivity contribution in [2.75, 3.05) is 24.9 Å². The summed E-state index contributed by atoms with van der Waals surface area (Å²) < 4.78 is 43.4. The predicted molar refractivity (Wildman–Crippen MR) is 170 cm³/mol. The van der Waals surface area contributed by atoms with Crippen LogP contribution < -0.4 is 9.62 Å². The highest BCUT2D eigenvalue weighted by Gasteiger charge is 2.35. The van der Waals surface area contributed by atoms with Crippen molar-refractivity contribution in [3.63, 3.8) is 0 Å². The largest absolute Gasteiger partial charge is 0.352 e. The summed E-state index contributed by atoms with van der Waals surface area (Å²) in [4.78, 5) is 29.8. The summed E-state index contributed by atoms with van der Waals surface area (Å²) in [5.41, 5.74) is 1.79. The van der Waals surface area contributed by atoms with Crippen LogP contribution in [0.1, 0.15) is 43.2 Å². The number of hydrogen-bond donors (Lipinski definition) is 1. The van der Waals surface area contributed by atoms with Crippen LogP contribution in [0, 0.1) is 5.82 Å². The van der Waals surface area contributed by atoms with Crippen molar-refractivity contribution in [1.82, 2.24) is 14.5 Å². The van der Waals surface area contributed by atoms with E-state index >= 15 is 0 Å². The Hall–Kier alpha value is -3.28. The fourth-order valence-corrected chi connectivity index (χ4v) is 6.53. The number of benzene rings is 3. The van der Waals surface area contributed by atoms with Gasteiger partial charge in [-0.25, -0.2) is 8.70 Å². The van der Waals surface area contributed by atoms with Crippen LogP contribution in [-0.4, -0.2) is 62.2 Å². The molecule has 4 rings (SSSR count). The molecular weight excluding hydrogens is 635 g/mol. The maximum atomic E-state index is 14.3. The summed E-state index contributed by atoms with van der Waals surface area (Å²) in [6, 6.07) is 20.9. The number of hydrogen-bond acceptors (Lipinski definition) is 4. The topological polar surface area (TPSA) is 90.0 Å². The van der Waals surface area contributed by atoms with Crippen molar-refractivity contribution in [2.24, 2.45) is 0 Å². The third kappa shape index (κ3) is 8.87. The Morgan fingerprint density at radius 2 is 1.53 bits per heavy atom. The summed E-state index contributed by atoms with van der Waals surface area (Å²) in [7, 11) is -1.42. The number of nitrogens with zero attached hydrogens (tertiary/aromatic N) is 3. The van der Waals surface area contributed by atoms with Crippen molar-refractivity contribution in [2.45, 2.75) is 57.2 Å². The Bertz CT molecular complexity index is 1470. The molecule has 11 heteroatoms. The van der Waals surface area contributed by atoms with Gasteiger partial charge in [-0.15, -0.1) is 0 Å². The Morgan fingerprint density at radius 1 is 0.907 bits per heavy atom. The van der Waals surface area contributed by atoms with Crippen LogP contribution in [-0.2, 0) is 32.8 Å². The second-order valence-corrected chi connectivity index (χ2v) is 14.0. The zero-order valence-corrected chi connectivity index (χ0v) is 26.9. The van der Waals surface area contributed by atoms with Gasteiger partial charge in [-0.3, -0.25) is 9.59 Å². The van der Waals surface area contributed by atoms with Crippen molar-refractivity contribution >= 4 is 43.6 Å². The number of carbonyl (C=O) groups excluding carboxylic acids is 2. The lowest BCUT2D eigenvalue weighted by Gasteiger charge is -2.35. The fraction of sp³-hybridized carbons (Fsp3) is 0.375. The molecule has 1 N–H and O–H groups in total. The lowest BCUT2D eigenvalue weighted by atomic mass is 9.94. The van der Waals surface area contributed by atoms with Gasteiger partial charge in [0, 0.05) is 37.6 Å². The molecule has 0 heterocycles. The molecule has 0 bridgehead atoms. The molecule has 1 aliphatic rings. The van der Waals surface area contributed by atoms with E-state index in [0.29, 0.717) is 0 Å². The highest BCUT2D eigenvalue weighted by molar-refractivity contribution is 9.10. The average Bonchev–Trinajstić information content (AvgIpc) is 3.00. The first-order valence-electron chi connectivity index (χ1n) is 14.4. The predicted octanol–water partition coefficient (Wildman–Crippen LogP) is 5.29. The Balaban J connectivity index is 1.74. The molecule has 230 valence electrons. The summed E-state index contributed by atoms with van der Waals surface area (Å²) in [6.45, 7) is -0.494. The molecule has 1 saturated carbocycles. The molecule has 8 nitrogen and oxygen atoms in total. The van der Waals surface area contributed by atoms with Gasteiger partial charge in [0.25, 0.3) is 0 Å². The quantitative estimate of drug-likeness (QED) is 0.283. The van der Waals surface area contributed by atoms with E-state index in [-0.39, 0.29) is 30.6 Å². The maximum absolute atomic E-state index is 14.3. The number of amides is 2. The molecule has 1 aliphatic carbocycles. The van der Waals surface area contributed by atoms with Gasteiger partial charge in [-0.05, 0) is 60.4 Å². The van der Waals surface area contributed by atoms with Crippen molar-refractivity contribution in [3.05, 3.63) is 100 Å². The number of anilines is 1. The Labute approximate surface area is 262 Å². The zero-order chi connectivity index (χ0) is 31.0. The molecular formula is C32H38BrFN4O4S. The second kappa shape index (κ2) is 14.9. The van der Waals surface area contributed by atoms with E-state index < -0.39 is 34.5 Å². The first kappa shape index (κ1) is 32.6. The van der Waals surface area contributed by atoms with Gasteiger partial charge in [0.15, 0.2) is 0 Å². The summed E-state index contributed by atoms with van der Waals surface area (Å²) >= 11 is 3.44. The van der Waals surface area contributed by atoms with Crippen molar-refractivity contribution in [3.8, 4) is 0 Å². The van der Waals surface area contributed by atoms with Crippen LogP contribution in [0.25, 0.3) is 0 Å². The van der Waals surface area contributed by atoms with Crippen LogP contribution in [0.5, 0.6) is 0 Å². The fourth-order valence-electron chi connectivity index (χ4n) is 5.21. The molecule has 1 unspecified atom stereocenters. The molecule has 43 heavy (non-hydrogen) atoms. The molecule has 1 atom stereocenters. The second-order valence-electron chi connectivity index (χ2n) is 11.0. The minimum absolute atomic E-state index is 0.0222. The van der Waals surface area contributed by atoms with Crippen LogP contribution in [0.3, 0.4) is 0 Å². The minimum atomic E-state index is -4.15. The van der Waals surface area contributed by atoms with E-state index in [1.165, 1.54) is 31.1 Å². The standard InChI is InChI=1S/C32H38BrFN4O4S/c1-36(2)43(41,42)38(29-19-17-27(34)18-20-29)23-31(39)37(22-25-13-15-26(33)16-14-25)30(21-24-9-5-3-6-10-24)32(40)35-28-11-7-4-8-12-28/h3,5-6,9-10,13-20,28,30H,4,7-8,11-12,21-23H2,1-2H3,(H,35,40). The van der Waals surface area contributed by atoms with E-state index in [2.05, 4.69) is 21.2 Å². The number of halogens is 2. The van der Waals surface area contributed by atoms with Gasteiger partial charge < -0.3 is 10.2 Å².